The first-order chi connectivity index (χ1) is 14.9. The number of carbonyl (C=O) groups excluding carboxylic acids is 1. The van der Waals surface area contributed by atoms with Gasteiger partial charge < -0.3 is 28.8 Å². The van der Waals surface area contributed by atoms with Crippen molar-refractivity contribution >= 4 is 16.9 Å². The molecule has 1 saturated heterocycles. The minimum absolute atomic E-state index is 0.0465. The number of hydrogen-bond donors (Lipinski definition) is 1. The van der Waals surface area contributed by atoms with Crippen LogP contribution >= 0.6 is 0 Å². The fourth-order valence-corrected chi connectivity index (χ4v) is 3.83. The Labute approximate surface area is 180 Å². The Hall–Kier alpha value is -3.49. The van der Waals surface area contributed by atoms with Crippen molar-refractivity contribution in [2.45, 2.75) is 19.4 Å². The molecule has 1 fully saturated rings. The van der Waals surface area contributed by atoms with E-state index in [0.717, 1.165) is 16.6 Å². The second-order valence-corrected chi connectivity index (χ2v) is 7.54. The van der Waals surface area contributed by atoms with Gasteiger partial charge in [0.1, 0.15) is 11.6 Å². The van der Waals surface area contributed by atoms with Crippen molar-refractivity contribution in [1.82, 2.24) is 19.9 Å². The maximum Gasteiger partial charge on any atom is 0.241 e. The Kier molecular flexibility index (Phi) is 5.58. The van der Waals surface area contributed by atoms with E-state index in [9.17, 15) is 4.79 Å². The van der Waals surface area contributed by atoms with Gasteiger partial charge in [-0.25, -0.2) is 9.97 Å². The molecule has 2 aromatic heterocycles. The summed E-state index contributed by atoms with van der Waals surface area (Å²) >= 11 is 0. The van der Waals surface area contributed by atoms with Crippen molar-refractivity contribution in [2.75, 3.05) is 27.9 Å². The van der Waals surface area contributed by atoms with Crippen molar-refractivity contribution < 1.29 is 23.7 Å². The number of nitrogens with one attached hydrogen (secondary N) is 1. The summed E-state index contributed by atoms with van der Waals surface area (Å²) in [5.74, 6) is 2.18. The second kappa shape index (κ2) is 8.33. The molecule has 3 aromatic rings. The average molecular weight is 426 g/mol. The van der Waals surface area contributed by atoms with Gasteiger partial charge in [-0.05, 0) is 25.1 Å². The van der Waals surface area contributed by atoms with Gasteiger partial charge in [0.05, 0.1) is 38.9 Å². The molecule has 1 unspecified atom stereocenters. The summed E-state index contributed by atoms with van der Waals surface area (Å²) < 4.78 is 24.5. The molecule has 0 aliphatic carbocycles. The Morgan fingerprint density at radius 3 is 2.42 bits per heavy atom. The van der Waals surface area contributed by atoms with Gasteiger partial charge in [0.2, 0.25) is 17.5 Å². The molecule has 1 N–H and O–H groups in total. The van der Waals surface area contributed by atoms with E-state index in [1.807, 2.05) is 36.7 Å². The van der Waals surface area contributed by atoms with Crippen LogP contribution in [0.15, 0.2) is 24.5 Å². The summed E-state index contributed by atoms with van der Waals surface area (Å²) in [5, 5.41) is 2.86. The fourth-order valence-electron chi connectivity index (χ4n) is 3.83. The maximum atomic E-state index is 11.6. The molecule has 9 nitrogen and oxygen atoms in total. The molecule has 1 amide bonds. The number of aryl methyl sites for hydroxylation is 1. The standard InChI is InChI=1S/C22H26N4O5/c1-12(14-8-19(27)23-10-14)31-22-20-16(24-11-26(20)2)9-15(25-22)13-6-17(28-3)21(30-5)18(7-13)29-4/h6-7,9,11-12,14H,8,10H2,1-5H3,(H,23,27)/t12?,14-/m1/s1. The zero-order valence-corrected chi connectivity index (χ0v) is 18.3. The zero-order valence-electron chi connectivity index (χ0n) is 18.3. The minimum Gasteiger partial charge on any atom is -0.493 e. The average Bonchev–Trinajstić information content (AvgIpc) is 3.38. The molecule has 3 heterocycles. The molecule has 0 radical (unpaired) electrons. The van der Waals surface area contributed by atoms with Crippen LogP contribution in [0.1, 0.15) is 13.3 Å². The van der Waals surface area contributed by atoms with E-state index in [0.29, 0.717) is 41.8 Å². The zero-order chi connectivity index (χ0) is 22.1. The minimum atomic E-state index is -0.195. The highest BCUT2D eigenvalue weighted by atomic mass is 16.5. The largest absolute Gasteiger partial charge is 0.493 e. The number of amides is 1. The molecule has 0 saturated carbocycles. The van der Waals surface area contributed by atoms with Crippen LogP contribution in [0.5, 0.6) is 23.1 Å². The van der Waals surface area contributed by atoms with E-state index in [1.165, 1.54) is 0 Å². The molecule has 0 spiro atoms. The van der Waals surface area contributed by atoms with Crippen LogP contribution in [0.2, 0.25) is 0 Å². The number of hydrogen-bond acceptors (Lipinski definition) is 7. The van der Waals surface area contributed by atoms with Crippen LogP contribution in [0.4, 0.5) is 0 Å². The van der Waals surface area contributed by atoms with Crippen LogP contribution in [0.25, 0.3) is 22.3 Å². The lowest BCUT2D eigenvalue weighted by Crippen LogP contribution is -2.26. The highest BCUT2D eigenvalue weighted by molar-refractivity contribution is 5.85. The topological polar surface area (TPSA) is 96.7 Å². The second-order valence-electron chi connectivity index (χ2n) is 7.54. The first kappa shape index (κ1) is 20.8. The van der Waals surface area contributed by atoms with Gasteiger partial charge in [0.15, 0.2) is 11.5 Å². The van der Waals surface area contributed by atoms with Gasteiger partial charge in [0.25, 0.3) is 0 Å². The lowest BCUT2D eigenvalue weighted by atomic mass is 10.0. The van der Waals surface area contributed by atoms with Gasteiger partial charge >= 0.3 is 0 Å². The number of aromatic nitrogens is 3. The van der Waals surface area contributed by atoms with Crippen LogP contribution in [-0.4, -0.2) is 54.4 Å². The van der Waals surface area contributed by atoms with Crippen molar-refractivity contribution in [3.05, 3.63) is 24.5 Å². The first-order valence-corrected chi connectivity index (χ1v) is 10.0. The molecule has 1 aliphatic heterocycles. The third-order valence-electron chi connectivity index (χ3n) is 5.59. The smallest absolute Gasteiger partial charge is 0.241 e. The summed E-state index contributed by atoms with van der Waals surface area (Å²) in [7, 11) is 6.61. The highest BCUT2D eigenvalue weighted by Crippen LogP contribution is 2.41. The number of nitrogens with zero attached hydrogens (tertiary/aromatic N) is 3. The Bertz CT molecular complexity index is 1100. The van der Waals surface area contributed by atoms with Gasteiger partial charge in [-0.2, -0.15) is 0 Å². The van der Waals surface area contributed by atoms with Crippen molar-refractivity contribution in [3.8, 4) is 34.4 Å². The molecule has 1 aromatic carbocycles. The third-order valence-corrected chi connectivity index (χ3v) is 5.59. The van der Waals surface area contributed by atoms with Crippen molar-refractivity contribution in [3.63, 3.8) is 0 Å². The van der Waals surface area contributed by atoms with Gasteiger partial charge in [-0.15, -0.1) is 0 Å². The summed E-state index contributed by atoms with van der Waals surface area (Å²) in [4.78, 5) is 20.9. The Balaban J connectivity index is 1.79. The predicted octanol–water partition coefficient (Wildman–Crippen LogP) is 2.56. The van der Waals surface area contributed by atoms with Crippen molar-refractivity contribution in [1.29, 1.82) is 0 Å². The Morgan fingerprint density at radius 2 is 1.84 bits per heavy atom. The quantitative estimate of drug-likeness (QED) is 0.620. The van der Waals surface area contributed by atoms with Crippen LogP contribution in [0.3, 0.4) is 0 Å². The number of carbonyl (C=O) groups is 1. The molecule has 0 bridgehead atoms. The molecule has 4 rings (SSSR count). The van der Waals surface area contributed by atoms with Crippen LogP contribution in [0, 0.1) is 5.92 Å². The van der Waals surface area contributed by atoms with Gasteiger partial charge in [-0.3, -0.25) is 4.79 Å². The van der Waals surface area contributed by atoms with Crippen molar-refractivity contribution in [2.24, 2.45) is 13.0 Å². The number of pyridine rings is 1. The number of rotatable bonds is 7. The fraction of sp³-hybridized carbons (Fsp3) is 0.409. The van der Waals surface area contributed by atoms with E-state index in [-0.39, 0.29) is 17.9 Å². The maximum absolute atomic E-state index is 11.6. The highest BCUT2D eigenvalue weighted by Gasteiger charge is 2.29. The normalized spacial score (nSPS) is 16.8. The van der Waals surface area contributed by atoms with E-state index < -0.39 is 0 Å². The summed E-state index contributed by atoms with van der Waals surface area (Å²) in [6.45, 7) is 2.56. The number of methoxy groups -OCH3 is 3. The lowest BCUT2D eigenvalue weighted by molar-refractivity contribution is -0.119. The Morgan fingerprint density at radius 1 is 1.13 bits per heavy atom. The monoisotopic (exact) mass is 426 g/mol. The molecule has 2 atom stereocenters. The van der Waals surface area contributed by atoms with E-state index in [1.54, 1.807) is 27.7 Å². The summed E-state index contributed by atoms with van der Waals surface area (Å²) in [6, 6.07) is 5.57. The molecule has 31 heavy (non-hydrogen) atoms. The third kappa shape index (κ3) is 3.83. The molecular weight excluding hydrogens is 400 g/mol. The lowest BCUT2D eigenvalue weighted by Gasteiger charge is -2.20. The summed E-state index contributed by atoms with van der Waals surface area (Å²) in [5.41, 5.74) is 2.98. The van der Waals surface area contributed by atoms with Crippen LogP contribution in [-0.2, 0) is 11.8 Å². The molecule has 1 aliphatic rings. The van der Waals surface area contributed by atoms with E-state index in [2.05, 4.69) is 10.3 Å². The van der Waals surface area contributed by atoms with Crippen LogP contribution < -0.4 is 24.3 Å². The predicted molar refractivity (Wildman–Crippen MR) is 115 cm³/mol. The summed E-state index contributed by atoms with van der Waals surface area (Å²) in [6.07, 6.45) is 1.98. The van der Waals surface area contributed by atoms with E-state index >= 15 is 0 Å². The number of benzene rings is 1. The molecule has 9 heteroatoms. The van der Waals surface area contributed by atoms with E-state index in [4.69, 9.17) is 23.9 Å². The molecule has 164 valence electrons. The SMILES string of the molecule is COc1cc(-c2cc3ncn(C)c3c(OC(C)[C@H]3CNC(=O)C3)n2)cc(OC)c1OC. The molecular formula is C22H26N4O5. The number of ether oxygens (including phenoxy) is 4. The number of imidazole rings is 1. The first-order valence-electron chi connectivity index (χ1n) is 10.0. The van der Waals surface area contributed by atoms with Gasteiger partial charge in [0, 0.05) is 31.5 Å². The van der Waals surface area contributed by atoms with Gasteiger partial charge in [-0.1, -0.05) is 0 Å². The number of fused-ring (bicyclic) bond motifs is 1.